The summed E-state index contributed by atoms with van der Waals surface area (Å²) in [6, 6.07) is 7.30. The molecule has 2 nitrogen and oxygen atoms in total. The van der Waals surface area contributed by atoms with E-state index in [0.29, 0.717) is 5.56 Å². The summed E-state index contributed by atoms with van der Waals surface area (Å²) in [5, 5.41) is 18.6. The number of hydrogen-bond acceptors (Lipinski definition) is 2. The quantitative estimate of drug-likeness (QED) is 0.812. The SMILES string of the molecule is C[C@@](O)(CO)c1ccccc1Br. The molecule has 0 spiro atoms. The van der Waals surface area contributed by atoms with Crippen LogP contribution in [0.25, 0.3) is 0 Å². The van der Waals surface area contributed by atoms with Gasteiger partial charge in [0.25, 0.3) is 0 Å². The summed E-state index contributed by atoms with van der Waals surface area (Å²) in [7, 11) is 0. The number of halogens is 1. The summed E-state index contributed by atoms with van der Waals surface area (Å²) < 4.78 is 0.809. The van der Waals surface area contributed by atoms with Crippen LogP contribution in [0.3, 0.4) is 0 Å². The van der Waals surface area contributed by atoms with Crippen molar-refractivity contribution in [3.8, 4) is 0 Å². The maximum atomic E-state index is 9.70. The fraction of sp³-hybridized carbons (Fsp3) is 0.333. The minimum atomic E-state index is -1.17. The molecule has 12 heavy (non-hydrogen) atoms. The van der Waals surface area contributed by atoms with Crippen LogP contribution in [-0.4, -0.2) is 16.8 Å². The van der Waals surface area contributed by atoms with Gasteiger partial charge in [-0.3, -0.25) is 0 Å². The number of aliphatic hydroxyl groups excluding tert-OH is 1. The second kappa shape index (κ2) is 3.56. The molecule has 66 valence electrons. The van der Waals surface area contributed by atoms with Gasteiger partial charge in [0, 0.05) is 4.47 Å². The molecule has 1 rings (SSSR count). The largest absolute Gasteiger partial charge is 0.393 e. The monoisotopic (exact) mass is 230 g/mol. The second-order valence-corrected chi connectivity index (χ2v) is 3.77. The van der Waals surface area contributed by atoms with Crippen molar-refractivity contribution in [1.82, 2.24) is 0 Å². The van der Waals surface area contributed by atoms with Crippen molar-refractivity contribution in [2.75, 3.05) is 6.61 Å². The Kier molecular flexibility index (Phi) is 2.88. The minimum Gasteiger partial charge on any atom is -0.393 e. The lowest BCUT2D eigenvalue weighted by atomic mass is 9.97. The summed E-state index contributed by atoms with van der Waals surface area (Å²) >= 11 is 3.30. The first-order valence-electron chi connectivity index (χ1n) is 3.66. The number of rotatable bonds is 2. The molecular weight excluding hydrogens is 220 g/mol. The second-order valence-electron chi connectivity index (χ2n) is 2.91. The van der Waals surface area contributed by atoms with Gasteiger partial charge in [-0.15, -0.1) is 0 Å². The third-order valence-corrected chi connectivity index (χ3v) is 2.45. The molecule has 1 atom stereocenters. The Morgan fingerprint density at radius 3 is 2.50 bits per heavy atom. The lowest BCUT2D eigenvalue weighted by Crippen LogP contribution is -2.26. The predicted octanol–water partition coefficient (Wildman–Crippen LogP) is 1.65. The molecule has 0 aliphatic heterocycles. The predicted molar refractivity (Wildman–Crippen MR) is 50.8 cm³/mol. The molecule has 0 unspecified atom stereocenters. The minimum absolute atomic E-state index is 0.282. The van der Waals surface area contributed by atoms with Gasteiger partial charge in [-0.2, -0.15) is 0 Å². The summed E-state index contributed by atoms with van der Waals surface area (Å²) in [6.07, 6.45) is 0. The molecule has 0 heterocycles. The number of aliphatic hydroxyl groups is 2. The van der Waals surface area contributed by atoms with E-state index in [2.05, 4.69) is 15.9 Å². The van der Waals surface area contributed by atoms with Crippen LogP contribution in [0.1, 0.15) is 12.5 Å². The van der Waals surface area contributed by atoms with E-state index in [1.165, 1.54) is 0 Å². The molecule has 0 aliphatic carbocycles. The van der Waals surface area contributed by atoms with Gasteiger partial charge in [-0.1, -0.05) is 34.1 Å². The highest BCUT2D eigenvalue weighted by molar-refractivity contribution is 9.10. The highest BCUT2D eigenvalue weighted by Crippen LogP contribution is 2.27. The topological polar surface area (TPSA) is 40.5 Å². The van der Waals surface area contributed by atoms with Crippen LogP contribution in [0, 0.1) is 0 Å². The molecule has 0 radical (unpaired) electrons. The zero-order valence-electron chi connectivity index (χ0n) is 6.79. The lowest BCUT2D eigenvalue weighted by Gasteiger charge is -2.21. The summed E-state index contributed by atoms with van der Waals surface area (Å²) in [6.45, 7) is 1.29. The van der Waals surface area contributed by atoms with E-state index in [9.17, 15) is 5.11 Å². The highest BCUT2D eigenvalue weighted by Gasteiger charge is 2.23. The molecular formula is C9H11BrO2. The van der Waals surface area contributed by atoms with Crippen molar-refractivity contribution in [3.05, 3.63) is 34.3 Å². The van der Waals surface area contributed by atoms with Gasteiger partial charge in [-0.05, 0) is 18.6 Å². The zero-order valence-corrected chi connectivity index (χ0v) is 8.37. The van der Waals surface area contributed by atoms with Crippen LogP contribution in [0.5, 0.6) is 0 Å². The zero-order chi connectivity index (χ0) is 9.19. The van der Waals surface area contributed by atoms with Gasteiger partial charge in [0.1, 0.15) is 5.60 Å². The normalized spacial score (nSPS) is 15.7. The molecule has 0 aliphatic rings. The van der Waals surface area contributed by atoms with Crippen LogP contribution in [0.4, 0.5) is 0 Å². The fourth-order valence-electron chi connectivity index (χ4n) is 0.983. The van der Waals surface area contributed by atoms with Gasteiger partial charge in [0.15, 0.2) is 0 Å². The smallest absolute Gasteiger partial charge is 0.111 e. The van der Waals surface area contributed by atoms with E-state index in [0.717, 1.165) is 4.47 Å². The van der Waals surface area contributed by atoms with E-state index in [-0.39, 0.29) is 6.61 Å². The third kappa shape index (κ3) is 1.86. The first-order valence-corrected chi connectivity index (χ1v) is 4.45. The lowest BCUT2D eigenvalue weighted by molar-refractivity contribution is -0.00286. The van der Waals surface area contributed by atoms with Gasteiger partial charge < -0.3 is 10.2 Å². The van der Waals surface area contributed by atoms with E-state index in [1.807, 2.05) is 18.2 Å². The number of benzene rings is 1. The standard InChI is InChI=1S/C9H11BrO2/c1-9(12,6-11)7-4-2-3-5-8(7)10/h2-5,11-12H,6H2,1H3/t9-/m1/s1. The van der Waals surface area contributed by atoms with E-state index >= 15 is 0 Å². The van der Waals surface area contributed by atoms with E-state index in [1.54, 1.807) is 13.0 Å². The van der Waals surface area contributed by atoms with Crippen molar-refractivity contribution in [1.29, 1.82) is 0 Å². The molecule has 0 amide bonds. The van der Waals surface area contributed by atoms with Crippen molar-refractivity contribution in [3.63, 3.8) is 0 Å². The molecule has 0 fully saturated rings. The van der Waals surface area contributed by atoms with Crippen LogP contribution in [-0.2, 0) is 5.60 Å². The maximum absolute atomic E-state index is 9.70. The Balaban J connectivity index is 3.10. The first-order chi connectivity index (χ1) is 5.58. The maximum Gasteiger partial charge on any atom is 0.111 e. The molecule has 0 bridgehead atoms. The van der Waals surface area contributed by atoms with Crippen molar-refractivity contribution < 1.29 is 10.2 Å². The van der Waals surface area contributed by atoms with E-state index in [4.69, 9.17) is 5.11 Å². The Labute approximate surface area is 80.0 Å². The summed E-state index contributed by atoms with van der Waals surface area (Å²) in [4.78, 5) is 0. The van der Waals surface area contributed by atoms with Crippen LogP contribution in [0.15, 0.2) is 28.7 Å². The molecule has 1 aromatic carbocycles. The number of hydrogen-bond donors (Lipinski definition) is 2. The van der Waals surface area contributed by atoms with Gasteiger partial charge >= 0.3 is 0 Å². The van der Waals surface area contributed by atoms with Gasteiger partial charge in [0.2, 0.25) is 0 Å². The van der Waals surface area contributed by atoms with E-state index < -0.39 is 5.60 Å². The first kappa shape index (κ1) is 9.71. The van der Waals surface area contributed by atoms with Crippen LogP contribution >= 0.6 is 15.9 Å². The molecule has 1 aromatic rings. The van der Waals surface area contributed by atoms with Gasteiger partial charge in [0.05, 0.1) is 6.61 Å². The molecule has 0 aromatic heterocycles. The summed E-state index contributed by atoms with van der Waals surface area (Å²) in [5.41, 5.74) is -0.465. The van der Waals surface area contributed by atoms with Crippen LogP contribution < -0.4 is 0 Å². The Hall–Kier alpha value is -0.380. The highest BCUT2D eigenvalue weighted by atomic mass is 79.9. The Bertz CT molecular complexity index is 271. The third-order valence-electron chi connectivity index (χ3n) is 1.76. The van der Waals surface area contributed by atoms with Crippen molar-refractivity contribution >= 4 is 15.9 Å². The van der Waals surface area contributed by atoms with Gasteiger partial charge in [-0.25, -0.2) is 0 Å². The molecule has 0 saturated carbocycles. The Morgan fingerprint density at radius 1 is 1.42 bits per heavy atom. The fourth-order valence-corrected chi connectivity index (χ4v) is 1.70. The molecule has 2 N–H and O–H groups in total. The van der Waals surface area contributed by atoms with Crippen LogP contribution in [0.2, 0.25) is 0 Å². The average Bonchev–Trinajstić information content (AvgIpc) is 2.05. The Morgan fingerprint density at radius 2 is 2.00 bits per heavy atom. The molecule has 3 heteroatoms. The summed E-state index contributed by atoms with van der Waals surface area (Å²) in [5.74, 6) is 0. The van der Waals surface area contributed by atoms with Crippen molar-refractivity contribution in [2.24, 2.45) is 0 Å². The van der Waals surface area contributed by atoms with Crippen molar-refractivity contribution in [2.45, 2.75) is 12.5 Å². The molecule has 0 saturated heterocycles. The average molecular weight is 231 g/mol.